The third kappa shape index (κ3) is 7.23. The van der Waals surface area contributed by atoms with Crippen molar-refractivity contribution in [3.8, 4) is 0 Å². The number of guanidine groups is 1. The molecule has 1 amide bonds. The fourth-order valence-electron chi connectivity index (χ4n) is 3.57. The maximum absolute atomic E-state index is 12.4. The molecule has 1 aromatic carbocycles. The lowest BCUT2D eigenvalue weighted by Crippen LogP contribution is -2.40. The monoisotopic (exact) mass is 541 g/mol. The molecular weight excluding hydrogens is 509 g/mol. The van der Waals surface area contributed by atoms with Crippen molar-refractivity contribution in [1.29, 1.82) is 0 Å². The fourth-order valence-corrected chi connectivity index (χ4v) is 4.43. The number of rotatable bonds is 8. The number of nitrogens with zero attached hydrogens (tertiary/aromatic N) is 3. The summed E-state index contributed by atoms with van der Waals surface area (Å²) in [6, 6.07) is 10.3. The van der Waals surface area contributed by atoms with E-state index in [2.05, 4.69) is 34.7 Å². The number of halogens is 1. The van der Waals surface area contributed by atoms with Gasteiger partial charge in [0, 0.05) is 43.4 Å². The molecule has 1 aliphatic rings. The van der Waals surface area contributed by atoms with Crippen molar-refractivity contribution in [2.45, 2.75) is 40.2 Å². The first-order chi connectivity index (χ1) is 14.0. The second-order valence-electron chi connectivity index (χ2n) is 7.46. The Bertz CT molecular complexity index is 839. The molecule has 0 bridgehead atoms. The summed E-state index contributed by atoms with van der Waals surface area (Å²) in [6.07, 6.45) is 1.51. The first kappa shape index (κ1) is 24.6. The van der Waals surface area contributed by atoms with Crippen LogP contribution in [0.2, 0.25) is 0 Å². The molecule has 2 heterocycles. The highest BCUT2D eigenvalue weighted by atomic mass is 127. The zero-order valence-corrected chi connectivity index (χ0v) is 21.1. The van der Waals surface area contributed by atoms with Crippen LogP contribution in [-0.2, 0) is 17.8 Å². The van der Waals surface area contributed by atoms with E-state index >= 15 is 0 Å². The van der Waals surface area contributed by atoms with Crippen LogP contribution in [0.4, 0.5) is 0 Å². The Morgan fingerprint density at radius 2 is 2.03 bits per heavy atom. The zero-order chi connectivity index (χ0) is 20.6. The van der Waals surface area contributed by atoms with E-state index in [1.54, 1.807) is 11.3 Å². The standard InChI is InChI=1S/C22H31N5OS.HI/c1-4-23-22(25-14-20-16(2)26-17(3)29-20)24-13-19-12-21(28)27(15-19)11-10-18-8-6-5-7-9-18;/h5-9,19H,4,10-15H2,1-3H3,(H2,23,24,25);1H. The molecule has 1 aliphatic heterocycles. The number of carbonyl (C=O) groups is 1. The van der Waals surface area contributed by atoms with Crippen molar-refractivity contribution in [1.82, 2.24) is 20.5 Å². The van der Waals surface area contributed by atoms with E-state index in [0.717, 1.165) is 49.3 Å². The lowest BCUT2D eigenvalue weighted by atomic mass is 10.1. The van der Waals surface area contributed by atoms with Crippen molar-refractivity contribution in [2.24, 2.45) is 10.9 Å². The van der Waals surface area contributed by atoms with Crippen molar-refractivity contribution in [3.63, 3.8) is 0 Å². The topological polar surface area (TPSA) is 69.6 Å². The molecule has 6 nitrogen and oxygen atoms in total. The van der Waals surface area contributed by atoms with E-state index in [9.17, 15) is 4.79 Å². The molecule has 8 heteroatoms. The lowest BCUT2D eigenvalue weighted by molar-refractivity contribution is -0.127. The summed E-state index contributed by atoms with van der Waals surface area (Å²) < 4.78 is 0. The van der Waals surface area contributed by atoms with Gasteiger partial charge < -0.3 is 15.5 Å². The molecule has 1 aromatic heterocycles. The maximum atomic E-state index is 12.4. The molecule has 2 aromatic rings. The van der Waals surface area contributed by atoms with Crippen LogP contribution in [0.15, 0.2) is 35.3 Å². The average molecular weight is 542 g/mol. The van der Waals surface area contributed by atoms with Gasteiger partial charge in [-0.25, -0.2) is 9.98 Å². The number of likely N-dealkylation sites (tertiary alicyclic amines) is 1. The normalized spacial score (nSPS) is 16.5. The van der Waals surface area contributed by atoms with Crippen molar-refractivity contribution in [2.75, 3.05) is 26.2 Å². The van der Waals surface area contributed by atoms with Crippen LogP contribution >= 0.6 is 35.3 Å². The Labute approximate surface area is 200 Å². The molecule has 3 rings (SSSR count). The Morgan fingerprint density at radius 3 is 2.70 bits per heavy atom. The molecule has 0 radical (unpaired) electrons. The molecular formula is C22H32IN5OS. The van der Waals surface area contributed by atoms with Gasteiger partial charge in [0.05, 0.1) is 17.2 Å². The SMILES string of the molecule is CCNC(=NCc1sc(C)nc1C)NCC1CC(=O)N(CCc2ccccc2)C1.I. The smallest absolute Gasteiger partial charge is 0.223 e. The molecule has 1 atom stereocenters. The predicted octanol–water partition coefficient (Wildman–Crippen LogP) is 3.52. The van der Waals surface area contributed by atoms with E-state index in [1.165, 1.54) is 10.4 Å². The number of aliphatic imine (C=N–C) groups is 1. The van der Waals surface area contributed by atoms with Crippen molar-refractivity contribution < 1.29 is 4.79 Å². The van der Waals surface area contributed by atoms with Gasteiger partial charge in [-0.3, -0.25) is 4.79 Å². The Balaban J connectivity index is 0.00000320. The predicted molar refractivity (Wildman–Crippen MR) is 135 cm³/mol. The fraction of sp³-hybridized carbons (Fsp3) is 0.500. The first-order valence-corrected chi connectivity index (χ1v) is 11.1. The summed E-state index contributed by atoms with van der Waals surface area (Å²) in [5.41, 5.74) is 2.33. The van der Waals surface area contributed by atoms with E-state index < -0.39 is 0 Å². The van der Waals surface area contributed by atoms with Gasteiger partial charge in [0.15, 0.2) is 5.96 Å². The minimum absolute atomic E-state index is 0. The van der Waals surface area contributed by atoms with Crippen molar-refractivity contribution in [3.05, 3.63) is 51.5 Å². The van der Waals surface area contributed by atoms with E-state index in [1.807, 2.05) is 36.9 Å². The minimum atomic E-state index is 0. The number of aromatic nitrogens is 1. The number of aryl methyl sites for hydroxylation is 2. The van der Waals surface area contributed by atoms with E-state index in [4.69, 9.17) is 4.99 Å². The molecule has 0 saturated carbocycles. The van der Waals surface area contributed by atoms with Crippen LogP contribution in [0.3, 0.4) is 0 Å². The summed E-state index contributed by atoms with van der Waals surface area (Å²) in [4.78, 5) is 24.7. The second kappa shape index (κ2) is 12.2. The number of hydrogen-bond donors (Lipinski definition) is 2. The largest absolute Gasteiger partial charge is 0.357 e. The Morgan fingerprint density at radius 1 is 1.27 bits per heavy atom. The molecule has 0 aliphatic carbocycles. The second-order valence-corrected chi connectivity index (χ2v) is 8.75. The number of thiazole rings is 1. The van der Waals surface area contributed by atoms with Gasteiger partial charge in [0.2, 0.25) is 5.91 Å². The van der Waals surface area contributed by atoms with Crippen LogP contribution in [0.25, 0.3) is 0 Å². The summed E-state index contributed by atoms with van der Waals surface area (Å²) in [7, 11) is 0. The number of carbonyl (C=O) groups excluding carboxylic acids is 1. The van der Waals surface area contributed by atoms with Gasteiger partial charge >= 0.3 is 0 Å². The van der Waals surface area contributed by atoms with Crippen LogP contribution in [0, 0.1) is 19.8 Å². The maximum Gasteiger partial charge on any atom is 0.223 e. The molecule has 30 heavy (non-hydrogen) atoms. The molecule has 2 N–H and O–H groups in total. The molecule has 0 spiro atoms. The number of benzene rings is 1. The van der Waals surface area contributed by atoms with Gasteiger partial charge in [-0.1, -0.05) is 30.3 Å². The summed E-state index contributed by atoms with van der Waals surface area (Å²) in [5.74, 6) is 1.37. The van der Waals surface area contributed by atoms with Gasteiger partial charge in [-0.15, -0.1) is 35.3 Å². The van der Waals surface area contributed by atoms with Gasteiger partial charge in [-0.2, -0.15) is 0 Å². The highest BCUT2D eigenvalue weighted by Crippen LogP contribution is 2.19. The van der Waals surface area contributed by atoms with E-state index in [-0.39, 0.29) is 29.9 Å². The number of hydrogen-bond acceptors (Lipinski definition) is 4. The number of amides is 1. The molecule has 164 valence electrons. The summed E-state index contributed by atoms with van der Waals surface area (Å²) in [5, 5.41) is 7.79. The van der Waals surface area contributed by atoms with Gasteiger partial charge in [-0.05, 0) is 32.8 Å². The number of nitrogens with one attached hydrogen (secondary N) is 2. The summed E-state index contributed by atoms with van der Waals surface area (Å²) >= 11 is 1.70. The van der Waals surface area contributed by atoms with Crippen LogP contribution in [-0.4, -0.2) is 47.9 Å². The highest BCUT2D eigenvalue weighted by Gasteiger charge is 2.29. The minimum Gasteiger partial charge on any atom is -0.357 e. The first-order valence-electron chi connectivity index (χ1n) is 10.3. The molecule has 1 unspecified atom stereocenters. The van der Waals surface area contributed by atoms with Gasteiger partial charge in [0.1, 0.15) is 0 Å². The van der Waals surface area contributed by atoms with Crippen LogP contribution in [0.5, 0.6) is 0 Å². The van der Waals surface area contributed by atoms with E-state index in [0.29, 0.717) is 18.9 Å². The molecule has 1 saturated heterocycles. The van der Waals surface area contributed by atoms with Crippen LogP contribution in [0.1, 0.15) is 34.5 Å². The third-order valence-electron chi connectivity index (χ3n) is 5.09. The van der Waals surface area contributed by atoms with Gasteiger partial charge in [0.25, 0.3) is 0 Å². The van der Waals surface area contributed by atoms with Crippen LogP contribution < -0.4 is 10.6 Å². The third-order valence-corrected chi connectivity index (χ3v) is 6.15. The summed E-state index contributed by atoms with van der Waals surface area (Å²) in [6.45, 7) is 9.89. The quantitative estimate of drug-likeness (QED) is 0.305. The average Bonchev–Trinajstić information content (AvgIpc) is 3.23. The zero-order valence-electron chi connectivity index (χ0n) is 18.0. The Hall–Kier alpha value is -1.68. The molecule has 1 fully saturated rings. The lowest BCUT2D eigenvalue weighted by Gasteiger charge is -2.18. The van der Waals surface area contributed by atoms with Crippen molar-refractivity contribution >= 4 is 47.2 Å². The Kier molecular flexibility index (Phi) is 10.0. The highest BCUT2D eigenvalue weighted by molar-refractivity contribution is 14.0.